The standard InChI is InChI=1S/C9H12N2.ClH/c1-8(7-11-10)9-5-3-2-4-6-9;/h2-6,11H,1,7,10H2;1H. The quantitative estimate of drug-likeness (QED) is 0.553. The van der Waals surface area contributed by atoms with E-state index < -0.39 is 0 Å². The summed E-state index contributed by atoms with van der Waals surface area (Å²) in [4.78, 5) is 0. The number of benzene rings is 1. The molecule has 0 fully saturated rings. The van der Waals surface area contributed by atoms with Crippen molar-refractivity contribution in [1.82, 2.24) is 5.43 Å². The molecular weight excluding hydrogens is 172 g/mol. The van der Waals surface area contributed by atoms with Crippen molar-refractivity contribution < 1.29 is 0 Å². The summed E-state index contributed by atoms with van der Waals surface area (Å²) >= 11 is 0. The molecule has 66 valence electrons. The monoisotopic (exact) mass is 184 g/mol. The van der Waals surface area contributed by atoms with Crippen LogP contribution < -0.4 is 11.3 Å². The van der Waals surface area contributed by atoms with E-state index in [0.29, 0.717) is 6.54 Å². The van der Waals surface area contributed by atoms with Crippen molar-refractivity contribution >= 4 is 18.0 Å². The van der Waals surface area contributed by atoms with Crippen LogP contribution in [0.15, 0.2) is 36.9 Å². The minimum Gasteiger partial charge on any atom is -0.271 e. The normalized spacial score (nSPS) is 8.75. The summed E-state index contributed by atoms with van der Waals surface area (Å²) in [5.41, 5.74) is 4.70. The Morgan fingerprint density at radius 3 is 2.42 bits per heavy atom. The molecule has 0 saturated carbocycles. The first-order valence-corrected chi connectivity index (χ1v) is 3.51. The largest absolute Gasteiger partial charge is 0.271 e. The molecule has 0 atom stereocenters. The van der Waals surface area contributed by atoms with Crippen molar-refractivity contribution in [2.24, 2.45) is 5.84 Å². The lowest BCUT2D eigenvalue weighted by Gasteiger charge is -2.02. The Labute approximate surface area is 78.8 Å². The molecule has 12 heavy (non-hydrogen) atoms. The van der Waals surface area contributed by atoms with E-state index in [4.69, 9.17) is 5.84 Å². The van der Waals surface area contributed by atoms with Gasteiger partial charge >= 0.3 is 0 Å². The highest BCUT2D eigenvalue weighted by Crippen LogP contribution is 2.09. The van der Waals surface area contributed by atoms with Gasteiger partial charge in [-0.25, -0.2) is 0 Å². The molecule has 1 aromatic rings. The number of nitrogens with one attached hydrogen (secondary N) is 1. The van der Waals surface area contributed by atoms with Crippen LogP contribution in [0.2, 0.25) is 0 Å². The van der Waals surface area contributed by atoms with E-state index in [1.807, 2.05) is 30.3 Å². The van der Waals surface area contributed by atoms with Gasteiger partial charge in [0, 0.05) is 6.54 Å². The Bertz CT molecular complexity index is 234. The first-order chi connectivity index (χ1) is 5.34. The zero-order valence-electron chi connectivity index (χ0n) is 6.79. The van der Waals surface area contributed by atoms with Gasteiger partial charge in [-0.1, -0.05) is 36.9 Å². The molecule has 3 heteroatoms. The fourth-order valence-electron chi connectivity index (χ4n) is 0.899. The van der Waals surface area contributed by atoms with Crippen LogP contribution in [0.1, 0.15) is 5.56 Å². The fraction of sp³-hybridized carbons (Fsp3) is 0.111. The van der Waals surface area contributed by atoms with E-state index in [1.54, 1.807) is 0 Å². The molecule has 0 aromatic heterocycles. The fourth-order valence-corrected chi connectivity index (χ4v) is 0.899. The molecule has 0 radical (unpaired) electrons. The molecular formula is C9H13ClN2. The van der Waals surface area contributed by atoms with Gasteiger partial charge in [0.1, 0.15) is 0 Å². The highest BCUT2D eigenvalue weighted by atomic mass is 35.5. The average Bonchev–Trinajstić information content (AvgIpc) is 2.07. The molecule has 0 aliphatic carbocycles. The lowest BCUT2D eigenvalue weighted by atomic mass is 10.1. The van der Waals surface area contributed by atoms with E-state index in [1.165, 1.54) is 0 Å². The number of halogens is 1. The Kier molecular flexibility index (Phi) is 5.37. The van der Waals surface area contributed by atoms with Gasteiger partial charge in [-0.05, 0) is 11.1 Å². The Hall–Kier alpha value is -0.830. The highest BCUT2D eigenvalue weighted by Gasteiger charge is 1.93. The van der Waals surface area contributed by atoms with Crippen LogP contribution in [0, 0.1) is 0 Å². The summed E-state index contributed by atoms with van der Waals surface area (Å²) in [6.07, 6.45) is 0. The second kappa shape index (κ2) is 5.77. The van der Waals surface area contributed by atoms with Crippen molar-refractivity contribution in [1.29, 1.82) is 0 Å². The van der Waals surface area contributed by atoms with Gasteiger partial charge in [0.05, 0.1) is 0 Å². The van der Waals surface area contributed by atoms with Crippen molar-refractivity contribution in [3.05, 3.63) is 42.5 Å². The van der Waals surface area contributed by atoms with Crippen molar-refractivity contribution in [2.75, 3.05) is 6.54 Å². The van der Waals surface area contributed by atoms with Gasteiger partial charge in [0.25, 0.3) is 0 Å². The number of hydrogen-bond donors (Lipinski definition) is 2. The van der Waals surface area contributed by atoms with Crippen LogP contribution in [-0.4, -0.2) is 6.54 Å². The smallest absolute Gasteiger partial charge is 0.0348 e. The van der Waals surface area contributed by atoms with Crippen LogP contribution in [0.4, 0.5) is 0 Å². The zero-order chi connectivity index (χ0) is 8.10. The maximum atomic E-state index is 5.16. The maximum Gasteiger partial charge on any atom is 0.0348 e. The SMILES string of the molecule is C=C(CNN)c1ccccc1.Cl. The molecule has 1 aromatic carbocycles. The molecule has 0 amide bonds. The van der Waals surface area contributed by atoms with Gasteiger partial charge < -0.3 is 0 Å². The Morgan fingerprint density at radius 2 is 1.92 bits per heavy atom. The van der Waals surface area contributed by atoms with Gasteiger partial charge in [-0.15, -0.1) is 12.4 Å². The summed E-state index contributed by atoms with van der Waals surface area (Å²) in [6.45, 7) is 4.50. The van der Waals surface area contributed by atoms with Crippen LogP contribution in [0.25, 0.3) is 5.57 Å². The van der Waals surface area contributed by atoms with Gasteiger partial charge in [0.15, 0.2) is 0 Å². The number of hydrazine groups is 1. The third kappa shape index (κ3) is 3.05. The molecule has 0 aliphatic rings. The van der Waals surface area contributed by atoms with Crippen LogP contribution in [0.5, 0.6) is 0 Å². The molecule has 0 unspecified atom stereocenters. The van der Waals surface area contributed by atoms with E-state index in [9.17, 15) is 0 Å². The topological polar surface area (TPSA) is 38.0 Å². The number of rotatable bonds is 3. The molecule has 0 heterocycles. The summed E-state index contributed by atoms with van der Waals surface area (Å²) < 4.78 is 0. The van der Waals surface area contributed by atoms with E-state index in [0.717, 1.165) is 11.1 Å². The average molecular weight is 185 g/mol. The second-order valence-corrected chi connectivity index (χ2v) is 2.35. The van der Waals surface area contributed by atoms with E-state index in [-0.39, 0.29) is 12.4 Å². The van der Waals surface area contributed by atoms with Crippen molar-refractivity contribution in [3.63, 3.8) is 0 Å². The summed E-state index contributed by atoms with van der Waals surface area (Å²) in [5.74, 6) is 5.16. The third-order valence-corrected chi connectivity index (χ3v) is 1.50. The minimum absolute atomic E-state index is 0. The molecule has 3 N–H and O–H groups in total. The summed E-state index contributed by atoms with van der Waals surface area (Å²) in [6, 6.07) is 9.97. The minimum atomic E-state index is 0. The van der Waals surface area contributed by atoms with Gasteiger partial charge in [0.2, 0.25) is 0 Å². The van der Waals surface area contributed by atoms with Crippen LogP contribution in [-0.2, 0) is 0 Å². The van der Waals surface area contributed by atoms with Crippen LogP contribution in [0.3, 0.4) is 0 Å². The van der Waals surface area contributed by atoms with Gasteiger partial charge in [-0.3, -0.25) is 11.3 Å². The zero-order valence-corrected chi connectivity index (χ0v) is 7.60. The molecule has 0 aliphatic heterocycles. The lowest BCUT2D eigenvalue weighted by molar-refractivity contribution is 0.834. The second-order valence-electron chi connectivity index (χ2n) is 2.35. The molecule has 0 saturated heterocycles. The predicted molar refractivity (Wildman–Crippen MR) is 54.9 cm³/mol. The highest BCUT2D eigenvalue weighted by molar-refractivity contribution is 5.85. The predicted octanol–water partition coefficient (Wildman–Crippen LogP) is 1.58. The first kappa shape index (κ1) is 11.2. The van der Waals surface area contributed by atoms with Gasteiger partial charge in [-0.2, -0.15) is 0 Å². The number of nitrogens with two attached hydrogens (primary N) is 1. The molecule has 0 spiro atoms. The molecule has 2 nitrogen and oxygen atoms in total. The summed E-state index contributed by atoms with van der Waals surface area (Å²) in [7, 11) is 0. The van der Waals surface area contributed by atoms with Crippen molar-refractivity contribution in [3.8, 4) is 0 Å². The maximum absolute atomic E-state index is 5.16. The van der Waals surface area contributed by atoms with Crippen molar-refractivity contribution in [2.45, 2.75) is 0 Å². The Morgan fingerprint density at radius 1 is 1.33 bits per heavy atom. The lowest BCUT2D eigenvalue weighted by Crippen LogP contribution is -2.23. The molecule has 1 rings (SSSR count). The van der Waals surface area contributed by atoms with E-state index >= 15 is 0 Å². The summed E-state index contributed by atoms with van der Waals surface area (Å²) in [5, 5.41) is 0. The van der Waals surface area contributed by atoms with Crippen LogP contribution >= 0.6 is 12.4 Å². The number of hydrogen-bond acceptors (Lipinski definition) is 2. The van der Waals surface area contributed by atoms with E-state index in [2.05, 4.69) is 12.0 Å². The first-order valence-electron chi connectivity index (χ1n) is 3.51. The Balaban J connectivity index is 0.00000121. The molecule has 0 bridgehead atoms. The third-order valence-electron chi connectivity index (χ3n) is 1.50.